The maximum absolute atomic E-state index is 12.5. The molecule has 0 radical (unpaired) electrons. The standard InChI is InChI=1S/C20H23N3O4/c24-17(23-10-9-13-5-1-2-6-14(13)11-23)12-27-20(26)18-15-7-3-4-8-16(15)19(25)22-21-18/h3-4,7-8,13-14H,1-2,5-6,9-12H2,(H,22,25)/t13-,14-/m1/s1. The van der Waals surface area contributed by atoms with Gasteiger partial charge in [0.15, 0.2) is 12.3 Å². The first-order valence-electron chi connectivity index (χ1n) is 9.56. The maximum Gasteiger partial charge on any atom is 0.359 e. The van der Waals surface area contributed by atoms with E-state index in [0.29, 0.717) is 16.7 Å². The largest absolute Gasteiger partial charge is 0.451 e. The number of likely N-dealkylation sites (tertiary alicyclic amines) is 1. The molecule has 2 heterocycles. The van der Waals surface area contributed by atoms with Crippen molar-refractivity contribution in [1.29, 1.82) is 0 Å². The van der Waals surface area contributed by atoms with Crippen molar-refractivity contribution in [3.05, 3.63) is 40.3 Å². The fourth-order valence-electron chi connectivity index (χ4n) is 4.38. The van der Waals surface area contributed by atoms with E-state index in [1.807, 2.05) is 4.90 Å². The van der Waals surface area contributed by atoms with Crippen molar-refractivity contribution in [2.24, 2.45) is 11.8 Å². The molecule has 1 aromatic carbocycles. The summed E-state index contributed by atoms with van der Waals surface area (Å²) in [5, 5.41) is 6.90. The van der Waals surface area contributed by atoms with Gasteiger partial charge >= 0.3 is 5.97 Å². The van der Waals surface area contributed by atoms with Crippen LogP contribution in [-0.2, 0) is 9.53 Å². The van der Waals surface area contributed by atoms with Crippen molar-refractivity contribution in [1.82, 2.24) is 15.1 Å². The molecule has 1 aromatic heterocycles. The van der Waals surface area contributed by atoms with Gasteiger partial charge in [0.25, 0.3) is 11.5 Å². The van der Waals surface area contributed by atoms with Crippen LogP contribution >= 0.6 is 0 Å². The summed E-state index contributed by atoms with van der Waals surface area (Å²) in [5.74, 6) is 0.448. The van der Waals surface area contributed by atoms with E-state index < -0.39 is 5.97 Å². The predicted molar refractivity (Wildman–Crippen MR) is 99.3 cm³/mol. The monoisotopic (exact) mass is 369 g/mol. The van der Waals surface area contributed by atoms with Crippen LogP contribution in [0.1, 0.15) is 42.6 Å². The molecule has 2 aromatic rings. The lowest BCUT2D eigenvalue weighted by atomic mass is 9.75. The van der Waals surface area contributed by atoms with Gasteiger partial charge in [-0.25, -0.2) is 9.89 Å². The molecule has 4 rings (SSSR count). The van der Waals surface area contributed by atoms with E-state index in [4.69, 9.17) is 4.74 Å². The molecule has 7 nitrogen and oxygen atoms in total. The number of hydrogen-bond donors (Lipinski definition) is 1. The number of carbonyl (C=O) groups excluding carboxylic acids is 2. The minimum absolute atomic E-state index is 0.0176. The second kappa shape index (κ2) is 7.50. The highest BCUT2D eigenvalue weighted by Gasteiger charge is 2.33. The van der Waals surface area contributed by atoms with Gasteiger partial charge in [-0.15, -0.1) is 0 Å². The van der Waals surface area contributed by atoms with Gasteiger partial charge in [-0.2, -0.15) is 5.10 Å². The number of esters is 1. The topological polar surface area (TPSA) is 92.4 Å². The number of rotatable bonds is 3. The van der Waals surface area contributed by atoms with Crippen LogP contribution in [0.3, 0.4) is 0 Å². The van der Waals surface area contributed by atoms with E-state index >= 15 is 0 Å². The van der Waals surface area contributed by atoms with Gasteiger partial charge in [-0.1, -0.05) is 37.5 Å². The molecule has 2 aliphatic rings. The third-order valence-electron chi connectivity index (χ3n) is 5.86. The molecule has 1 aliphatic heterocycles. The molecule has 2 fully saturated rings. The van der Waals surface area contributed by atoms with Crippen molar-refractivity contribution >= 4 is 22.6 Å². The zero-order valence-electron chi connectivity index (χ0n) is 15.1. The number of benzene rings is 1. The Balaban J connectivity index is 1.40. The summed E-state index contributed by atoms with van der Waals surface area (Å²) in [6.07, 6.45) is 6.03. The molecule has 7 heteroatoms. The number of aromatic nitrogens is 2. The Labute approximate surface area is 156 Å². The molecule has 0 bridgehead atoms. The summed E-state index contributed by atoms with van der Waals surface area (Å²) in [6, 6.07) is 6.70. The van der Waals surface area contributed by atoms with Crippen LogP contribution in [0, 0.1) is 11.8 Å². The summed E-state index contributed by atoms with van der Waals surface area (Å²) in [7, 11) is 0. The number of carbonyl (C=O) groups is 2. The number of nitrogens with one attached hydrogen (secondary N) is 1. The molecule has 0 unspecified atom stereocenters. The van der Waals surface area contributed by atoms with E-state index in [2.05, 4.69) is 10.2 Å². The quantitative estimate of drug-likeness (QED) is 0.837. The van der Waals surface area contributed by atoms with Gasteiger partial charge in [0.1, 0.15) is 0 Å². The zero-order chi connectivity index (χ0) is 18.8. The van der Waals surface area contributed by atoms with Gasteiger partial charge in [-0.3, -0.25) is 9.59 Å². The first-order chi connectivity index (χ1) is 13.1. The highest BCUT2D eigenvalue weighted by Crippen LogP contribution is 2.36. The number of nitrogens with zero attached hydrogens (tertiary/aromatic N) is 2. The number of H-pyrrole nitrogens is 1. The number of amides is 1. The third-order valence-corrected chi connectivity index (χ3v) is 5.86. The number of hydrogen-bond acceptors (Lipinski definition) is 5. The average Bonchev–Trinajstić information content (AvgIpc) is 2.72. The first kappa shape index (κ1) is 17.7. The van der Waals surface area contributed by atoms with Gasteiger partial charge in [0.2, 0.25) is 0 Å². The fourth-order valence-corrected chi connectivity index (χ4v) is 4.38. The van der Waals surface area contributed by atoms with Crippen molar-refractivity contribution < 1.29 is 14.3 Å². The molecule has 1 saturated heterocycles. The average molecular weight is 369 g/mol. The van der Waals surface area contributed by atoms with Crippen LogP contribution in [0.25, 0.3) is 10.8 Å². The van der Waals surface area contributed by atoms with Gasteiger partial charge < -0.3 is 9.64 Å². The summed E-state index contributed by atoms with van der Waals surface area (Å²) >= 11 is 0. The second-order valence-electron chi connectivity index (χ2n) is 7.46. The Morgan fingerprint density at radius 1 is 1.11 bits per heavy atom. The second-order valence-corrected chi connectivity index (χ2v) is 7.46. The number of aromatic amines is 1. The van der Waals surface area contributed by atoms with Gasteiger partial charge in [-0.05, 0) is 30.7 Å². The summed E-state index contributed by atoms with van der Waals surface area (Å²) < 4.78 is 5.21. The summed E-state index contributed by atoms with van der Waals surface area (Å²) in [6.45, 7) is 1.20. The van der Waals surface area contributed by atoms with E-state index in [1.165, 1.54) is 25.7 Å². The molecule has 0 spiro atoms. The van der Waals surface area contributed by atoms with Crippen LogP contribution in [-0.4, -0.2) is 46.7 Å². The van der Waals surface area contributed by atoms with Crippen molar-refractivity contribution in [3.63, 3.8) is 0 Å². The molecule has 1 aliphatic carbocycles. The third kappa shape index (κ3) is 3.59. The van der Waals surface area contributed by atoms with E-state index in [0.717, 1.165) is 25.4 Å². The van der Waals surface area contributed by atoms with Gasteiger partial charge in [0, 0.05) is 18.5 Å². The molecular formula is C20H23N3O4. The predicted octanol–water partition coefficient (Wildman–Crippen LogP) is 2.12. The normalized spacial score (nSPS) is 22.3. The first-order valence-corrected chi connectivity index (χ1v) is 9.56. The molecule has 1 N–H and O–H groups in total. The lowest BCUT2D eigenvalue weighted by Gasteiger charge is -2.41. The van der Waals surface area contributed by atoms with Crippen LogP contribution in [0.15, 0.2) is 29.1 Å². The van der Waals surface area contributed by atoms with E-state index in [9.17, 15) is 14.4 Å². The number of fused-ring (bicyclic) bond motifs is 2. The van der Waals surface area contributed by atoms with Crippen LogP contribution in [0.2, 0.25) is 0 Å². The fraction of sp³-hybridized carbons (Fsp3) is 0.500. The van der Waals surface area contributed by atoms with Crippen LogP contribution in [0.5, 0.6) is 0 Å². The smallest absolute Gasteiger partial charge is 0.359 e. The molecule has 142 valence electrons. The minimum Gasteiger partial charge on any atom is -0.451 e. The Hall–Kier alpha value is -2.70. The number of ether oxygens (including phenoxy) is 1. The zero-order valence-corrected chi connectivity index (χ0v) is 15.1. The lowest BCUT2D eigenvalue weighted by Crippen LogP contribution is -2.46. The minimum atomic E-state index is -0.705. The SMILES string of the molecule is O=C(OCC(=O)N1CC[C@H]2CCCC[C@@H]2C1)c1n[nH]c(=O)c2ccccc12. The molecule has 1 amide bonds. The highest BCUT2D eigenvalue weighted by molar-refractivity contribution is 6.02. The van der Waals surface area contributed by atoms with Crippen LogP contribution in [0.4, 0.5) is 0 Å². The Bertz CT molecular complexity index is 923. The summed E-state index contributed by atoms with van der Waals surface area (Å²) in [4.78, 5) is 38.5. The summed E-state index contributed by atoms with van der Waals surface area (Å²) in [5.41, 5.74) is -0.349. The highest BCUT2D eigenvalue weighted by atomic mass is 16.5. The molecule has 1 saturated carbocycles. The molecule has 2 atom stereocenters. The maximum atomic E-state index is 12.5. The van der Waals surface area contributed by atoms with Crippen molar-refractivity contribution in [2.45, 2.75) is 32.1 Å². The van der Waals surface area contributed by atoms with E-state index in [-0.39, 0.29) is 23.8 Å². The number of piperidine rings is 1. The Kier molecular flexibility index (Phi) is 4.92. The van der Waals surface area contributed by atoms with Crippen molar-refractivity contribution in [3.8, 4) is 0 Å². The lowest BCUT2D eigenvalue weighted by molar-refractivity contribution is -0.137. The van der Waals surface area contributed by atoms with E-state index in [1.54, 1.807) is 24.3 Å². The van der Waals surface area contributed by atoms with Crippen molar-refractivity contribution in [2.75, 3.05) is 19.7 Å². The van der Waals surface area contributed by atoms with Crippen LogP contribution < -0.4 is 5.56 Å². The molecular weight excluding hydrogens is 346 g/mol. The van der Waals surface area contributed by atoms with Gasteiger partial charge in [0.05, 0.1) is 5.39 Å². The molecule has 27 heavy (non-hydrogen) atoms. The Morgan fingerprint density at radius 3 is 2.67 bits per heavy atom. The Morgan fingerprint density at radius 2 is 1.85 bits per heavy atom.